The Kier molecular flexibility index (Phi) is 10.1. The van der Waals surface area contributed by atoms with E-state index < -0.39 is 9.84 Å². The van der Waals surface area contributed by atoms with Crippen LogP contribution in [0.2, 0.25) is 0 Å². The van der Waals surface area contributed by atoms with Gasteiger partial charge in [0.15, 0.2) is 0 Å². The van der Waals surface area contributed by atoms with Crippen molar-refractivity contribution >= 4 is 28.0 Å². The average Bonchev–Trinajstić information content (AvgIpc) is 2.90. The summed E-state index contributed by atoms with van der Waals surface area (Å²) in [7, 11) is -3.51. The van der Waals surface area contributed by atoms with E-state index in [1.54, 1.807) is 61.5 Å². The van der Waals surface area contributed by atoms with Crippen LogP contribution in [0.4, 0.5) is 0 Å². The zero-order valence-electron chi connectivity index (χ0n) is 20.6. The molecular weight excluding hydrogens is 472 g/mol. The van der Waals surface area contributed by atoms with Crippen LogP contribution in [0.25, 0.3) is 12.2 Å². The molecule has 0 bridgehead atoms. The molecule has 0 radical (unpaired) electrons. The molecule has 0 amide bonds. The third kappa shape index (κ3) is 8.24. The highest BCUT2D eigenvalue weighted by Gasteiger charge is 2.16. The van der Waals surface area contributed by atoms with Crippen molar-refractivity contribution in [1.29, 1.82) is 0 Å². The Morgan fingerprint density at radius 3 is 1.86 bits per heavy atom. The maximum Gasteiger partial charge on any atom is 0.333 e. The minimum Gasteiger partial charge on any atom is -0.494 e. The summed E-state index contributed by atoms with van der Waals surface area (Å²) in [6, 6.07) is 23.1. The molecule has 0 aliphatic rings. The van der Waals surface area contributed by atoms with E-state index in [2.05, 4.69) is 6.58 Å². The third-order valence-corrected chi connectivity index (χ3v) is 7.27. The second-order valence-corrected chi connectivity index (χ2v) is 10.4. The van der Waals surface area contributed by atoms with Crippen LogP contribution in [0.3, 0.4) is 0 Å². The van der Waals surface area contributed by atoms with Crippen molar-refractivity contribution < 1.29 is 22.7 Å². The predicted octanol–water partition coefficient (Wildman–Crippen LogP) is 6.75. The van der Waals surface area contributed by atoms with Crippen LogP contribution in [0, 0.1) is 0 Å². The van der Waals surface area contributed by atoms with Gasteiger partial charge in [-0.3, -0.25) is 0 Å². The van der Waals surface area contributed by atoms with Crippen LogP contribution >= 0.6 is 0 Å². The van der Waals surface area contributed by atoms with Crippen LogP contribution in [0.1, 0.15) is 43.7 Å². The Morgan fingerprint density at radius 1 is 0.750 bits per heavy atom. The summed E-state index contributed by atoms with van der Waals surface area (Å²) < 4.78 is 36.3. The molecule has 0 atom stereocenters. The first kappa shape index (κ1) is 27.0. The van der Waals surface area contributed by atoms with Crippen molar-refractivity contribution in [3.05, 3.63) is 102 Å². The lowest BCUT2D eigenvalue weighted by Gasteiger charge is -2.07. The Hall–Kier alpha value is -3.64. The normalized spacial score (nSPS) is 11.4. The first-order valence-corrected chi connectivity index (χ1v) is 13.5. The minimum absolute atomic E-state index is 0.276. The standard InChI is InChI=1S/C30H32O5S/c1-24(2)30(31)35-23-9-4-3-8-22-34-27-18-14-25(15-19-27)12-13-26-16-20-29(21-17-26)36(32,33)28-10-6-5-7-11-28/h5-7,10-21H,1,3-4,8-9,22-23H2,2H3. The molecule has 0 unspecified atom stereocenters. The van der Waals surface area contributed by atoms with E-state index in [4.69, 9.17) is 9.47 Å². The number of rotatable bonds is 13. The molecule has 3 aromatic carbocycles. The molecule has 0 saturated heterocycles. The van der Waals surface area contributed by atoms with Crippen LogP contribution < -0.4 is 4.74 Å². The molecule has 3 rings (SSSR count). The third-order valence-electron chi connectivity index (χ3n) is 5.48. The highest BCUT2D eigenvalue weighted by Crippen LogP contribution is 2.22. The van der Waals surface area contributed by atoms with Gasteiger partial charge in [0.1, 0.15) is 5.75 Å². The molecule has 188 valence electrons. The average molecular weight is 505 g/mol. The van der Waals surface area contributed by atoms with Gasteiger partial charge in [-0.1, -0.05) is 61.2 Å². The lowest BCUT2D eigenvalue weighted by atomic mass is 10.1. The van der Waals surface area contributed by atoms with Crippen LogP contribution in [-0.2, 0) is 19.4 Å². The molecule has 0 spiro atoms. The fourth-order valence-electron chi connectivity index (χ4n) is 3.40. The van der Waals surface area contributed by atoms with Gasteiger partial charge in [-0.05, 0) is 80.1 Å². The summed E-state index contributed by atoms with van der Waals surface area (Å²) in [4.78, 5) is 11.9. The molecule has 0 aliphatic heterocycles. The Morgan fingerprint density at radius 2 is 1.28 bits per heavy atom. The molecule has 5 nitrogen and oxygen atoms in total. The van der Waals surface area contributed by atoms with E-state index in [0.717, 1.165) is 42.6 Å². The minimum atomic E-state index is -3.51. The number of ether oxygens (including phenoxy) is 2. The monoisotopic (exact) mass is 504 g/mol. The largest absolute Gasteiger partial charge is 0.494 e. The Balaban J connectivity index is 1.40. The quantitative estimate of drug-likeness (QED) is 0.111. The summed E-state index contributed by atoms with van der Waals surface area (Å²) in [5.41, 5.74) is 2.36. The zero-order chi connectivity index (χ0) is 25.8. The van der Waals surface area contributed by atoms with Gasteiger partial charge in [0.25, 0.3) is 0 Å². The molecule has 0 aromatic heterocycles. The lowest BCUT2D eigenvalue weighted by molar-refractivity contribution is -0.139. The zero-order valence-corrected chi connectivity index (χ0v) is 21.4. The first-order valence-electron chi connectivity index (χ1n) is 12.0. The number of esters is 1. The fourth-order valence-corrected chi connectivity index (χ4v) is 4.68. The Labute approximate surface area is 214 Å². The molecule has 0 fully saturated rings. The van der Waals surface area contributed by atoms with Crippen molar-refractivity contribution in [2.24, 2.45) is 0 Å². The molecule has 0 aliphatic carbocycles. The van der Waals surface area contributed by atoms with Gasteiger partial charge in [0.2, 0.25) is 9.84 Å². The number of hydrogen-bond acceptors (Lipinski definition) is 5. The number of hydrogen-bond donors (Lipinski definition) is 0. The van der Waals surface area contributed by atoms with Gasteiger partial charge >= 0.3 is 5.97 Å². The maximum atomic E-state index is 12.7. The fraction of sp³-hybridized carbons (Fsp3) is 0.233. The van der Waals surface area contributed by atoms with Gasteiger partial charge in [0, 0.05) is 5.57 Å². The van der Waals surface area contributed by atoms with Crippen LogP contribution in [-0.4, -0.2) is 27.6 Å². The van der Waals surface area contributed by atoms with Crippen molar-refractivity contribution in [3.8, 4) is 5.75 Å². The highest BCUT2D eigenvalue weighted by atomic mass is 32.2. The Bertz CT molecular complexity index is 1260. The van der Waals surface area contributed by atoms with Crippen molar-refractivity contribution in [2.45, 2.75) is 42.4 Å². The van der Waals surface area contributed by atoms with E-state index in [-0.39, 0.29) is 15.8 Å². The van der Waals surface area contributed by atoms with Crippen molar-refractivity contribution in [2.75, 3.05) is 13.2 Å². The molecule has 6 heteroatoms. The van der Waals surface area contributed by atoms with E-state index in [0.29, 0.717) is 18.8 Å². The molecule has 0 N–H and O–H groups in total. The van der Waals surface area contributed by atoms with E-state index >= 15 is 0 Å². The van der Waals surface area contributed by atoms with Gasteiger partial charge < -0.3 is 9.47 Å². The predicted molar refractivity (Wildman–Crippen MR) is 143 cm³/mol. The van der Waals surface area contributed by atoms with E-state index in [1.807, 2.05) is 36.4 Å². The topological polar surface area (TPSA) is 69.7 Å². The second kappa shape index (κ2) is 13.4. The first-order chi connectivity index (χ1) is 17.4. The van der Waals surface area contributed by atoms with Gasteiger partial charge in [-0.25, -0.2) is 13.2 Å². The second-order valence-electron chi connectivity index (χ2n) is 8.47. The number of sulfone groups is 1. The highest BCUT2D eigenvalue weighted by molar-refractivity contribution is 7.91. The summed E-state index contributed by atoms with van der Waals surface area (Å²) in [5.74, 6) is 0.488. The van der Waals surface area contributed by atoms with Crippen molar-refractivity contribution in [3.63, 3.8) is 0 Å². The van der Waals surface area contributed by atoms with Gasteiger partial charge in [0.05, 0.1) is 23.0 Å². The molecule has 0 heterocycles. The van der Waals surface area contributed by atoms with Gasteiger partial charge in [-0.15, -0.1) is 0 Å². The lowest BCUT2D eigenvalue weighted by Crippen LogP contribution is -2.06. The molecular formula is C30H32O5S. The molecule has 0 saturated carbocycles. The summed E-state index contributed by atoms with van der Waals surface area (Å²) in [5, 5.41) is 0. The van der Waals surface area contributed by atoms with Crippen LogP contribution in [0.15, 0.2) is 101 Å². The van der Waals surface area contributed by atoms with Crippen molar-refractivity contribution in [1.82, 2.24) is 0 Å². The smallest absolute Gasteiger partial charge is 0.333 e. The number of unbranched alkanes of at least 4 members (excludes halogenated alkanes) is 3. The van der Waals surface area contributed by atoms with E-state index in [1.165, 1.54) is 0 Å². The molecule has 36 heavy (non-hydrogen) atoms. The van der Waals surface area contributed by atoms with Gasteiger partial charge in [-0.2, -0.15) is 0 Å². The summed E-state index contributed by atoms with van der Waals surface area (Å²) in [6.45, 7) is 6.27. The SMILES string of the molecule is C=C(C)C(=O)OCCCCCCOc1ccc(C=Cc2ccc(S(=O)(=O)c3ccccc3)cc2)cc1. The number of carbonyl (C=O) groups excluding carboxylic acids is 1. The summed E-state index contributed by atoms with van der Waals surface area (Å²) in [6.07, 6.45) is 7.69. The summed E-state index contributed by atoms with van der Waals surface area (Å²) >= 11 is 0. The maximum absolute atomic E-state index is 12.7. The van der Waals surface area contributed by atoms with E-state index in [9.17, 15) is 13.2 Å². The molecule has 3 aromatic rings. The number of carbonyl (C=O) groups is 1. The number of benzene rings is 3. The van der Waals surface area contributed by atoms with Crippen LogP contribution in [0.5, 0.6) is 5.75 Å².